The van der Waals surface area contributed by atoms with Gasteiger partial charge in [0.15, 0.2) is 11.5 Å². The second-order valence-corrected chi connectivity index (χ2v) is 9.02. The summed E-state index contributed by atoms with van der Waals surface area (Å²) < 4.78 is 11.7. The zero-order chi connectivity index (χ0) is 23.2. The maximum atomic E-state index is 13.5. The van der Waals surface area contributed by atoms with E-state index in [4.69, 9.17) is 9.47 Å². The topological polar surface area (TPSA) is 67.9 Å². The average molecular weight is 451 g/mol. The lowest BCUT2D eigenvalue weighted by Gasteiger charge is -2.34. The summed E-state index contributed by atoms with van der Waals surface area (Å²) in [6.45, 7) is 2.55. The fourth-order valence-electron chi connectivity index (χ4n) is 4.82. The van der Waals surface area contributed by atoms with E-state index >= 15 is 0 Å². The van der Waals surface area contributed by atoms with Crippen molar-refractivity contribution in [2.45, 2.75) is 70.1 Å². The molecule has 4 rings (SSSR count). The minimum atomic E-state index is -0.631. The molecule has 0 radical (unpaired) electrons. The molecule has 0 spiro atoms. The number of carbonyl (C=O) groups is 2. The lowest BCUT2D eigenvalue weighted by atomic mass is 9.99. The Morgan fingerprint density at radius 2 is 1.76 bits per heavy atom. The van der Waals surface area contributed by atoms with Gasteiger partial charge < -0.3 is 19.7 Å². The molecule has 1 saturated carbocycles. The van der Waals surface area contributed by atoms with E-state index < -0.39 is 6.04 Å². The second-order valence-electron chi connectivity index (χ2n) is 9.02. The smallest absolute Gasteiger partial charge is 0.247 e. The zero-order valence-corrected chi connectivity index (χ0v) is 19.6. The molecule has 1 aliphatic carbocycles. The Balaban J connectivity index is 1.51. The zero-order valence-electron chi connectivity index (χ0n) is 19.6. The molecule has 1 aliphatic heterocycles. The minimum absolute atomic E-state index is 0.0352. The van der Waals surface area contributed by atoms with Gasteiger partial charge in [0, 0.05) is 13.0 Å². The number of nitrogens with one attached hydrogen (secondary N) is 1. The molecule has 2 unspecified atom stereocenters. The molecule has 6 nitrogen and oxygen atoms in total. The molecule has 0 aromatic heterocycles. The molecule has 2 atom stereocenters. The largest absolute Gasteiger partial charge is 0.493 e. The minimum Gasteiger partial charge on any atom is -0.493 e. The lowest BCUT2D eigenvalue weighted by molar-refractivity contribution is -0.143. The van der Waals surface area contributed by atoms with Crippen LogP contribution < -0.4 is 14.8 Å². The van der Waals surface area contributed by atoms with Crippen molar-refractivity contribution in [3.8, 4) is 11.5 Å². The first-order valence-corrected chi connectivity index (χ1v) is 12.1. The highest BCUT2D eigenvalue weighted by molar-refractivity contribution is 5.89. The van der Waals surface area contributed by atoms with Gasteiger partial charge in [0.2, 0.25) is 11.8 Å². The van der Waals surface area contributed by atoms with E-state index in [0.29, 0.717) is 18.7 Å². The van der Waals surface area contributed by atoms with Crippen LogP contribution in [0.3, 0.4) is 0 Å². The Morgan fingerprint density at radius 1 is 1.00 bits per heavy atom. The van der Waals surface area contributed by atoms with Gasteiger partial charge in [0.25, 0.3) is 0 Å². The number of carbonyl (C=O) groups excluding carboxylic acids is 2. The quantitative estimate of drug-likeness (QED) is 0.618. The van der Waals surface area contributed by atoms with Crippen molar-refractivity contribution in [3.63, 3.8) is 0 Å². The third-order valence-corrected chi connectivity index (χ3v) is 6.68. The van der Waals surface area contributed by atoms with Crippen LogP contribution in [-0.2, 0) is 9.59 Å². The molecule has 2 aromatic carbocycles. The number of likely N-dealkylation sites (tertiary alicyclic amines) is 1. The van der Waals surface area contributed by atoms with Gasteiger partial charge in [0.05, 0.1) is 19.3 Å². The summed E-state index contributed by atoms with van der Waals surface area (Å²) in [5, 5.41) is 3.13. The number of ether oxygens (including phenoxy) is 2. The Kier molecular flexibility index (Phi) is 7.53. The van der Waals surface area contributed by atoms with E-state index in [0.717, 1.165) is 42.6 Å². The maximum absolute atomic E-state index is 13.5. The summed E-state index contributed by atoms with van der Waals surface area (Å²) >= 11 is 0. The van der Waals surface area contributed by atoms with Crippen LogP contribution in [0.1, 0.15) is 75.1 Å². The number of benzene rings is 2. The van der Waals surface area contributed by atoms with Crippen LogP contribution in [0, 0.1) is 0 Å². The fraction of sp³-hybridized carbons (Fsp3) is 0.481. The lowest BCUT2D eigenvalue weighted by Crippen LogP contribution is -2.46. The number of hydrogen-bond acceptors (Lipinski definition) is 4. The van der Waals surface area contributed by atoms with Crippen LogP contribution in [-0.4, -0.2) is 36.5 Å². The average Bonchev–Trinajstić information content (AvgIpc) is 3.34. The van der Waals surface area contributed by atoms with Crippen LogP contribution in [0.2, 0.25) is 0 Å². The van der Waals surface area contributed by atoms with Gasteiger partial charge in [-0.25, -0.2) is 0 Å². The SMILES string of the molecule is COc1cc(C(C)NC(=O)C(c2ccccc2)N2CCCCC2=O)ccc1OC1CCCC1. The van der Waals surface area contributed by atoms with Gasteiger partial charge in [-0.05, 0) is 68.7 Å². The summed E-state index contributed by atoms with van der Waals surface area (Å²) in [6, 6.07) is 14.5. The maximum Gasteiger partial charge on any atom is 0.247 e. The van der Waals surface area contributed by atoms with Crippen molar-refractivity contribution in [3.05, 3.63) is 59.7 Å². The van der Waals surface area contributed by atoms with Crippen LogP contribution >= 0.6 is 0 Å². The predicted molar refractivity (Wildman–Crippen MR) is 127 cm³/mol. The highest BCUT2D eigenvalue weighted by Gasteiger charge is 2.33. The monoisotopic (exact) mass is 450 g/mol. The Hall–Kier alpha value is -3.02. The second kappa shape index (κ2) is 10.7. The first kappa shape index (κ1) is 23.1. The molecule has 176 valence electrons. The van der Waals surface area contributed by atoms with Crippen molar-refractivity contribution < 1.29 is 19.1 Å². The summed E-state index contributed by atoms with van der Waals surface area (Å²) in [7, 11) is 1.64. The van der Waals surface area contributed by atoms with Gasteiger partial charge >= 0.3 is 0 Å². The first-order chi connectivity index (χ1) is 16.1. The van der Waals surface area contributed by atoms with E-state index in [1.165, 1.54) is 12.8 Å². The molecule has 1 heterocycles. The number of piperidine rings is 1. The first-order valence-electron chi connectivity index (χ1n) is 12.1. The Morgan fingerprint density at radius 3 is 2.45 bits per heavy atom. The number of hydrogen-bond donors (Lipinski definition) is 1. The van der Waals surface area contributed by atoms with E-state index in [1.54, 1.807) is 12.0 Å². The van der Waals surface area contributed by atoms with E-state index in [9.17, 15) is 9.59 Å². The molecular formula is C27H34N2O4. The fourth-order valence-corrected chi connectivity index (χ4v) is 4.82. The molecule has 6 heteroatoms. The highest BCUT2D eigenvalue weighted by atomic mass is 16.5. The van der Waals surface area contributed by atoms with E-state index in [1.807, 2.05) is 55.5 Å². The van der Waals surface area contributed by atoms with E-state index in [-0.39, 0.29) is 24.0 Å². The van der Waals surface area contributed by atoms with E-state index in [2.05, 4.69) is 5.32 Å². The summed E-state index contributed by atoms with van der Waals surface area (Å²) in [6.07, 6.45) is 7.09. The molecule has 1 N–H and O–H groups in total. The number of methoxy groups -OCH3 is 1. The predicted octanol–water partition coefficient (Wildman–Crippen LogP) is 4.95. The van der Waals surface area contributed by atoms with Crippen molar-refractivity contribution >= 4 is 11.8 Å². The van der Waals surface area contributed by atoms with Crippen molar-refractivity contribution in [1.29, 1.82) is 0 Å². The van der Waals surface area contributed by atoms with Crippen molar-refractivity contribution in [2.75, 3.05) is 13.7 Å². The molecule has 33 heavy (non-hydrogen) atoms. The number of rotatable bonds is 8. The summed E-state index contributed by atoms with van der Waals surface area (Å²) in [5.41, 5.74) is 1.76. The van der Waals surface area contributed by atoms with Gasteiger partial charge in [-0.1, -0.05) is 36.4 Å². The van der Waals surface area contributed by atoms with Gasteiger partial charge in [0.1, 0.15) is 6.04 Å². The normalized spacial score (nSPS) is 18.6. The number of amides is 2. The Labute approximate surface area is 196 Å². The van der Waals surface area contributed by atoms with Gasteiger partial charge in [-0.3, -0.25) is 9.59 Å². The molecule has 2 fully saturated rings. The van der Waals surface area contributed by atoms with Crippen LogP contribution in [0.25, 0.3) is 0 Å². The van der Waals surface area contributed by atoms with Crippen LogP contribution in [0.15, 0.2) is 48.5 Å². The van der Waals surface area contributed by atoms with Crippen molar-refractivity contribution in [1.82, 2.24) is 10.2 Å². The molecule has 2 aromatic rings. The Bertz CT molecular complexity index is 956. The number of nitrogens with zero attached hydrogens (tertiary/aromatic N) is 1. The third-order valence-electron chi connectivity index (χ3n) is 6.68. The van der Waals surface area contributed by atoms with Crippen LogP contribution in [0.5, 0.6) is 11.5 Å². The highest BCUT2D eigenvalue weighted by Crippen LogP contribution is 2.34. The third kappa shape index (κ3) is 5.49. The van der Waals surface area contributed by atoms with Crippen LogP contribution in [0.4, 0.5) is 0 Å². The molecule has 0 bridgehead atoms. The van der Waals surface area contributed by atoms with Gasteiger partial charge in [-0.2, -0.15) is 0 Å². The molecular weight excluding hydrogens is 416 g/mol. The summed E-state index contributed by atoms with van der Waals surface area (Å²) in [5.74, 6) is 1.28. The molecule has 1 saturated heterocycles. The molecule has 2 amide bonds. The molecule has 2 aliphatic rings. The van der Waals surface area contributed by atoms with Gasteiger partial charge in [-0.15, -0.1) is 0 Å². The summed E-state index contributed by atoms with van der Waals surface area (Å²) in [4.78, 5) is 27.8. The van der Waals surface area contributed by atoms with Crippen molar-refractivity contribution in [2.24, 2.45) is 0 Å². The standard InChI is InChI=1S/C27H34N2O4/c1-19(21-15-16-23(24(18-21)32-2)33-22-12-6-7-13-22)28-27(31)26(20-10-4-3-5-11-20)29-17-9-8-14-25(29)30/h3-5,10-11,15-16,18-19,22,26H,6-9,12-14,17H2,1-2H3,(H,28,31).